The molecule has 170 valence electrons. The minimum atomic E-state index is -0.345. The van der Waals surface area contributed by atoms with E-state index in [1.807, 2.05) is 31.0 Å². The van der Waals surface area contributed by atoms with Crippen molar-refractivity contribution in [1.82, 2.24) is 15.5 Å². The highest BCUT2D eigenvalue weighted by Gasteiger charge is 2.51. The number of ether oxygens (including phenoxy) is 2. The Hall–Kier alpha value is -2.28. The number of aryl methyl sites for hydroxylation is 1. The number of nitrogens with one attached hydrogen (secondary N) is 2. The van der Waals surface area contributed by atoms with E-state index in [4.69, 9.17) is 9.47 Å². The number of rotatable bonds is 7. The molecular weight excluding hydrogens is 394 g/mol. The van der Waals surface area contributed by atoms with E-state index in [1.54, 1.807) is 14.2 Å². The Balaban J connectivity index is 1.29. The van der Waals surface area contributed by atoms with Gasteiger partial charge in [-0.1, -0.05) is 0 Å². The summed E-state index contributed by atoms with van der Waals surface area (Å²) in [7, 11) is 5.09. The van der Waals surface area contributed by atoms with Crippen molar-refractivity contribution >= 4 is 11.9 Å². The maximum absolute atomic E-state index is 12.6. The molecule has 4 aliphatic carbocycles. The average Bonchev–Trinajstić information content (AvgIpc) is 2.67. The molecule has 0 aromatic heterocycles. The Morgan fingerprint density at radius 1 is 1.03 bits per heavy atom. The van der Waals surface area contributed by atoms with Crippen LogP contribution >= 0.6 is 0 Å². The van der Waals surface area contributed by atoms with Crippen LogP contribution in [0.2, 0.25) is 0 Å². The summed E-state index contributed by atoms with van der Waals surface area (Å²) >= 11 is 0. The van der Waals surface area contributed by atoms with E-state index < -0.39 is 0 Å². The number of likely N-dealkylation sites (N-methyl/N-ethyl adjacent to an activating group) is 1. The first-order valence-corrected chi connectivity index (χ1v) is 11.3. The third kappa shape index (κ3) is 4.81. The molecule has 0 unspecified atom stereocenters. The van der Waals surface area contributed by atoms with E-state index in [2.05, 4.69) is 10.6 Å². The zero-order valence-corrected chi connectivity index (χ0v) is 19.1. The molecule has 0 saturated heterocycles. The SMILES string of the molecule is COc1cc(C)c(CN(C)CC(=O)NC(=O)NC23CC4CC(CC(C4)C2)C3)cc1OC. The van der Waals surface area contributed by atoms with Crippen LogP contribution in [-0.4, -0.2) is 50.2 Å². The van der Waals surface area contributed by atoms with Crippen LogP contribution in [0.3, 0.4) is 0 Å². The van der Waals surface area contributed by atoms with Crippen LogP contribution in [0.15, 0.2) is 12.1 Å². The van der Waals surface area contributed by atoms with Crippen molar-refractivity contribution in [1.29, 1.82) is 0 Å². The van der Waals surface area contributed by atoms with E-state index in [0.717, 1.165) is 48.1 Å². The van der Waals surface area contributed by atoms with E-state index in [-0.39, 0.29) is 24.0 Å². The molecule has 1 aromatic carbocycles. The van der Waals surface area contributed by atoms with Crippen LogP contribution in [0, 0.1) is 24.7 Å². The third-order valence-electron chi connectivity index (χ3n) is 7.37. The van der Waals surface area contributed by atoms with Gasteiger partial charge in [0.15, 0.2) is 11.5 Å². The number of carbonyl (C=O) groups excluding carboxylic acids is 2. The lowest BCUT2D eigenvalue weighted by molar-refractivity contribution is -0.121. The van der Waals surface area contributed by atoms with Gasteiger partial charge in [0.05, 0.1) is 20.8 Å². The minimum absolute atomic E-state index is 0.0955. The Morgan fingerprint density at radius 3 is 2.13 bits per heavy atom. The molecule has 0 atom stereocenters. The number of nitrogens with zero attached hydrogens (tertiary/aromatic N) is 1. The summed E-state index contributed by atoms with van der Waals surface area (Å²) in [6.45, 7) is 2.71. The predicted octanol–water partition coefficient (Wildman–Crippen LogP) is 3.24. The number of urea groups is 1. The molecule has 2 N–H and O–H groups in total. The molecule has 3 amide bonds. The molecule has 31 heavy (non-hydrogen) atoms. The summed E-state index contributed by atoms with van der Waals surface area (Å²) in [5, 5.41) is 5.75. The van der Waals surface area contributed by atoms with Gasteiger partial charge in [0.2, 0.25) is 5.91 Å². The number of hydrogen-bond acceptors (Lipinski definition) is 5. The monoisotopic (exact) mass is 429 g/mol. The molecule has 0 aliphatic heterocycles. The lowest BCUT2D eigenvalue weighted by atomic mass is 9.53. The molecular formula is C24H35N3O4. The second-order valence-corrected chi connectivity index (χ2v) is 10.0. The van der Waals surface area contributed by atoms with Gasteiger partial charge >= 0.3 is 6.03 Å². The Kier molecular flexibility index (Phi) is 6.15. The van der Waals surface area contributed by atoms with Crippen molar-refractivity contribution in [3.05, 3.63) is 23.3 Å². The predicted molar refractivity (Wildman–Crippen MR) is 118 cm³/mol. The molecule has 4 fully saturated rings. The summed E-state index contributed by atoms with van der Waals surface area (Å²) in [6.07, 6.45) is 7.17. The zero-order valence-electron chi connectivity index (χ0n) is 19.1. The van der Waals surface area contributed by atoms with Gasteiger partial charge < -0.3 is 14.8 Å². The number of imide groups is 1. The van der Waals surface area contributed by atoms with Crippen LogP contribution in [0.5, 0.6) is 11.5 Å². The average molecular weight is 430 g/mol. The van der Waals surface area contributed by atoms with Crippen molar-refractivity contribution in [2.75, 3.05) is 27.8 Å². The molecule has 7 nitrogen and oxygen atoms in total. The molecule has 0 radical (unpaired) electrons. The topological polar surface area (TPSA) is 79.9 Å². The molecule has 0 heterocycles. The summed E-state index contributed by atoms with van der Waals surface area (Å²) in [6, 6.07) is 3.52. The molecule has 0 spiro atoms. The first-order chi connectivity index (χ1) is 14.8. The molecule has 1 aromatic rings. The van der Waals surface area contributed by atoms with Gasteiger partial charge in [-0.15, -0.1) is 0 Å². The minimum Gasteiger partial charge on any atom is -0.493 e. The zero-order chi connectivity index (χ0) is 22.2. The standard InChI is InChI=1S/C24H35N3O4/c1-15-5-20(30-3)21(31-4)9-19(15)13-27(2)14-22(28)25-23(29)26-24-10-16-6-17(11-24)8-18(7-16)12-24/h5,9,16-18H,6-8,10-14H2,1-4H3,(H2,25,26,28,29). The highest BCUT2D eigenvalue weighted by atomic mass is 16.5. The van der Waals surface area contributed by atoms with E-state index >= 15 is 0 Å². The van der Waals surface area contributed by atoms with E-state index in [1.165, 1.54) is 19.3 Å². The van der Waals surface area contributed by atoms with Crippen molar-refractivity contribution in [3.8, 4) is 11.5 Å². The van der Waals surface area contributed by atoms with Gasteiger partial charge in [-0.25, -0.2) is 4.79 Å². The van der Waals surface area contributed by atoms with Gasteiger partial charge in [0, 0.05) is 12.1 Å². The molecule has 7 heteroatoms. The lowest BCUT2D eigenvalue weighted by Crippen LogP contribution is -2.62. The van der Waals surface area contributed by atoms with Crippen molar-refractivity contribution < 1.29 is 19.1 Å². The molecule has 4 bridgehead atoms. The molecule has 4 saturated carbocycles. The fourth-order valence-electron chi connectivity index (χ4n) is 6.49. The van der Waals surface area contributed by atoms with Gasteiger partial charge in [-0.2, -0.15) is 0 Å². The van der Waals surface area contributed by atoms with Gasteiger partial charge in [0.1, 0.15) is 0 Å². The van der Waals surface area contributed by atoms with E-state index in [9.17, 15) is 9.59 Å². The van der Waals surface area contributed by atoms with Gasteiger partial charge in [0.25, 0.3) is 0 Å². The smallest absolute Gasteiger partial charge is 0.321 e. The summed E-state index contributed by atoms with van der Waals surface area (Å²) in [5.74, 6) is 3.30. The lowest BCUT2D eigenvalue weighted by Gasteiger charge is -2.56. The van der Waals surface area contributed by atoms with Crippen molar-refractivity contribution in [2.24, 2.45) is 17.8 Å². The second-order valence-electron chi connectivity index (χ2n) is 10.0. The summed E-state index contributed by atoms with van der Waals surface area (Å²) < 4.78 is 10.7. The fraction of sp³-hybridized carbons (Fsp3) is 0.667. The van der Waals surface area contributed by atoms with Crippen LogP contribution in [0.25, 0.3) is 0 Å². The van der Waals surface area contributed by atoms with Crippen LogP contribution in [-0.2, 0) is 11.3 Å². The van der Waals surface area contributed by atoms with Gasteiger partial charge in [-0.3, -0.25) is 15.0 Å². The second kappa shape index (κ2) is 8.69. The molecule has 5 rings (SSSR count). The highest BCUT2D eigenvalue weighted by molar-refractivity contribution is 5.95. The largest absolute Gasteiger partial charge is 0.493 e. The third-order valence-corrected chi connectivity index (χ3v) is 7.37. The first kappa shape index (κ1) is 21.9. The van der Waals surface area contributed by atoms with Crippen molar-refractivity contribution in [3.63, 3.8) is 0 Å². The summed E-state index contributed by atoms with van der Waals surface area (Å²) in [5.41, 5.74) is 2.01. The number of amides is 3. The van der Waals surface area contributed by atoms with Crippen LogP contribution < -0.4 is 20.1 Å². The maximum atomic E-state index is 12.6. The highest BCUT2D eigenvalue weighted by Crippen LogP contribution is 2.55. The molecule has 4 aliphatic rings. The van der Waals surface area contributed by atoms with Crippen LogP contribution in [0.4, 0.5) is 4.79 Å². The Morgan fingerprint density at radius 2 is 1.58 bits per heavy atom. The van der Waals surface area contributed by atoms with E-state index in [0.29, 0.717) is 18.0 Å². The van der Waals surface area contributed by atoms with Gasteiger partial charge in [-0.05, 0) is 93.5 Å². The number of hydrogen-bond donors (Lipinski definition) is 2. The normalized spacial score (nSPS) is 28.5. The number of methoxy groups -OCH3 is 2. The maximum Gasteiger partial charge on any atom is 0.321 e. The number of carbonyl (C=O) groups is 2. The Bertz CT molecular complexity index is 818. The summed E-state index contributed by atoms with van der Waals surface area (Å²) in [4.78, 5) is 27.0. The fourth-order valence-corrected chi connectivity index (χ4v) is 6.49. The quantitative estimate of drug-likeness (QED) is 0.696. The first-order valence-electron chi connectivity index (χ1n) is 11.3. The van der Waals surface area contributed by atoms with Crippen molar-refractivity contribution in [2.45, 2.75) is 57.5 Å². The Labute approximate surface area is 184 Å². The number of benzene rings is 1. The van der Waals surface area contributed by atoms with Crippen LogP contribution in [0.1, 0.15) is 49.7 Å².